The largest absolute Gasteiger partial charge is 0.472 e. The van der Waals surface area contributed by atoms with Gasteiger partial charge < -0.3 is 24.0 Å². The van der Waals surface area contributed by atoms with Crippen molar-refractivity contribution in [3.8, 4) is 0 Å². The van der Waals surface area contributed by atoms with Crippen LogP contribution in [0.3, 0.4) is 0 Å². The number of ketones is 1. The van der Waals surface area contributed by atoms with E-state index in [1.165, 1.54) is 0 Å². The van der Waals surface area contributed by atoms with Crippen LogP contribution < -0.4 is 0 Å². The van der Waals surface area contributed by atoms with E-state index in [9.17, 15) is 28.9 Å². The van der Waals surface area contributed by atoms with Crippen LogP contribution in [0, 0.1) is 11.8 Å². The number of aliphatic hydroxyl groups is 1. The third kappa shape index (κ3) is 32.9. The summed E-state index contributed by atoms with van der Waals surface area (Å²) in [7, 11) is 1.30. The van der Waals surface area contributed by atoms with Crippen LogP contribution in [0.4, 0.5) is 0 Å². The number of rotatable bonds is 36. The Morgan fingerprint density at radius 1 is 0.758 bits per heavy atom. The molecule has 0 heterocycles. The molecule has 62 heavy (non-hydrogen) atoms. The zero-order valence-electron chi connectivity index (χ0n) is 38.4. The van der Waals surface area contributed by atoms with E-state index < -0.39 is 38.6 Å². The van der Waals surface area contributed by atoms with E-state index in [0.717, 1.165) is 57.8 Å². The van der Waals surface area contributed by atoms with Gasteiger partial charge in [0, 0.05) is 18.8 Å². The molecule has 0 fully saturated rings. The number of esters is 2. The third-order valence-electron chi connectivity index (χ3n) is 9.55. The maximum Gasteiger partial charge on any atom is 0.472 e. The number of phosphoric ester groups is 1. The maximum atomic E-state index is 12.7. The molecule has 0 aliphatic heterocycles. The lowest BCUT2D eigenvalue weighted by Crippen LogP contribution is -2.37. The number of phosphoric acid groups is 1. The van der Waals surface area contributed by atoms with Crippen molar-refractivity contribution in [3.63, 3.8) is 0 Å². The first-order valence-electron chi connectivity index (χ1n) is 22.7. The quantitative estimate of drug-likeness (QED) is 0.0205. The molecule has 348 valence electrons. The molecule has 11 nitrogen and oxygen atoms in total. The lowest BCUT2D eigenvalue weighted by Gasteiger charge is -2.24. The number of quaternary nitrogens is 1. The topological polar surface area (TPSA) is 146 Å². The van der Waals surface area contributed by atoms with Gasteiger partial charge in [0.25, 0.3) is 0 Å². The maximum absolute atomic E-state index is 12.7. The number of aliphatic hydroxyl groups excluding tert-OH is 1. The number of ether oxygens (including phenoxy) is 2. The smallest absolute Gasteiger partial charge is 0.462 e. The molecule has 1 rings (SSSR count). The summed E-state index contributed by atoms with van der Waals surface area (Å²) >= 11 is 0. The van der Waals surface area contributed by atoms with Crippen LogP contribution in [0.2, 0.25) is 0 Å². The minimum atomic E-state index is -4.45. The lowest BCUT2D eigenvalue weighted by atomic mass is 9.90. The Labute approximate surface area is 373 Å². The van der Waals surface area contributed by atoms with Crippen LogP contribution >= 0.6 is 7.82 Å². The number of allylic oxidation sites excluding steroid dienone is 17. The molecule has 1 aliphatic carbocycles. The van der Waals surface area contributed by atoms with Crippen LogP contribution in [0.15, 0.2) is 109 Å². The van der Waals surface area contributed by atoms with Crippen molar-refractivity contribution >= 4 is 25.5 Å². The van der Waals surface area contributed by atoms with Crippen molar-refractivity contribution in [1.29, 1.82) is 0 Å². The summed E-state index contributed by atoms with van der Waals surface area (Å²) in [6, 6.07) is 0. The first kappa shape index (κ1) is 56.3. The Morgan fingerprint density at radius 2 is 1.35 bits per heavy atom. The number of carbonyl (C=O) groups is 3. The molecule has 12 heteroatoms. The fraction of sp³-hybridized carbons (Fsp3) is 0.580. The fourth-order valence-corrected chi connectivity index (χ4v) is 6.65. The molecule has 0 saturated carbocycles. The van der Waals surface area contributed by atoms with Crippen LogP contribution in [-0.4, -0.2) is 91.9 Å². The second-order valence-corrected chi connectivity index (χ2v) is 17.8. The molecular formula is C50H79NO10P+. The highest BCUT2D eigenvalue weighted by Crippen LogP contribution is 2.43. The van der Waals surface area contributed by atoms with Gasteiger partial charge in [0.1, 0.15) is 19.8 Å². The average Bonchev–Trinajstić information content (AvgIpc) is 3.57. The molecule has 1 unspecified atom stereocenters. The third-order valence-corrected chi connectivity index (χ3v) is 10.5. The van der Waals surface area contributed by atoms with Gasteiger partial charge >= 0.3 is 19.8 Å². The second-order valence-electron chi connectivity index (χ2n) is 16.4. The highest BCUT2D eigenvalue weighted by molar-refractivity contribution is 7.47. The number of carbonyl (C=O) groups excluding carboxylic acids is 3. The van der Waals surface area contributed by atoms with Crippen LogP contribution in [0.25, 0.3) is 0 Å². The summed E-state index contributed by atoms with van der Waals surface area (Å²) in [5.74, 6) is -1.29. The average molecular weight is 885 g/mol. The number of nitrogens with zero attached hydrogens (tertiary/aromatic N) is 1. The van der Waals surface area contributed by atoms with Crippen molar-refractivity contribution < 1.29 is 52.0 Å². The molecule has 0 bridgehead atoms. The number of unbranched alkanes of at least 4 members (excludes halogenated alkanes) is 3. The number of likely N-dealkylation sites (N-methyl/N-ethyl adjacent to an activating group) is 1. The highest BCUT2D eigenvalue weighted by atomic mass is 31.2. The van der Waals surface area contributed by atoms with Crippen molar-refractivity contribution in [2.24, 2.45) is 11.8 Å². The van der Waals surface area contributed by atoms with Gasteiger partial charge in [-0.15, -0.1) is 0 Å². The van der Waals surface area contributed by atoms with Gasteiger partial charge in [0.05, 0.1) is 33.9 Å². The summed E-state index contributed by atoms with van der Waals surface area (Å²) in [5, 5.41) is 10.2. The van der Waals surface area contributed by atoms with Crippen LogP contribution in [0.5, 0.6) is 0 Å². The first-order valence-corrected chi connectivity index (χ1v) is 24.2. The summed E-state index contributed by atoms with van der Waals surface area (Å²) in [6.45, 7) is 3.86. The SMILES string of the molecule is CC/C=C\C/C=C\C/C=C\C/C=C\C/C=C\C/C=C\CCC(=O)O[C@H](COC(=O)CCC/C=C\C[C@H]1C=CC(=O)[C@@H]1/C=C/[C@@H](O)CCCCC)COP(=O)(O)OCC[N+](C)(C)C. The van der Waals surface area contributed by atoms with Crippen LogP contribution in [-0.2, 0) is 37.5 Å². The molecule has 0 aromatic rings. The zero-order chi connectivity index (χ0) is 45.7. The number of hydrogen-bond acceptors (Lipinski definition) is 9. The van der Waals surface area contributed by atoms with Crippen molar-refractivity contribution in [2.75, 3.05) is 47.5 Å². The zero-order valence-corrected chi connectivity index (χ0v) is 39.3. The monoisotopic (exact) mass is 885 g/mol. The Bertz CT molecular complexity index is 1560. The summed E-state index contributed by atoms with van der Waals surface area (Å²) < 4.78 is 34.2. The minimum Gasteiger partial charge on any atom is -0.462 e. The van der Waals surface area contributed by atoms with Crippen molar-refractivity contribution in [2.45, 2.75) is 129 Å². The Hall–Kier alpha value is -3.70. The van der Waals surface area contributed by atoms with E-state index >= 15 is 0 Å². The molecular weight excluding hydrogens is 806 g/mol. The van der Waals surface area contributed by atoms with E-state index in [2.05, 4.69) is 74.6 Å². The van der Waals surface area contributed by atoms with Gasteiger partial charge in [-0.2, -0.15) is 0 Å². The van der Waals surface area contributed by atoms with Gasteiger partial charge in [-0.1, -0.05) is 136 Å². The lowest BCUT2D eigenvalue weighted by molar-refractivity contribution is -0.870. The predicted molar refractivity (Wildman–Crippen MR) is 251 cm³/mol. The van der Waals surface area contributed by atoms with Gasteiger partial charge in [-0.3, -0.25) is 23.4 Å². The van der Waals surface area contributed by atoms with Crippen LogP contribution in [0.1, 0.15) is 117 Å². The Kier molecular flexibility index (Phi) is 32.5. The van der Waals surface area contributed by atoms with E-state index in [1.807, 2.05) is 57.6 Å². The Morgan fingerprint density at radius 3 is 1.95 bits per heavy atom. The Balaban J connectivity index is 2.51. The summed E-state index contributed by atoms with van der Waals surface area (Å²) in [4.78, 5) is 47.9. The molecule has 0 spiro atoms. The van der Waals surface area contributed by atoms with E-state index in [1.54, 1.807) is 12.2 Å². The molecule has 0 radical (unpaired) electrons. The standard InChI is InChI=1S/C50H78NO10P/c1-6-8-10-11-12-13-14-15-16-17-18-19-20-21-22-23-24-25-31-35-50(55)61-46(43-60-62(56,57)59-41-40-51(3,4)5)42-58-49(54)34-30-27-26-29-32-44-36-39-48(53)47(44)38-37-45(52)33-28-9-7-2/h8,10,12-13,15-16,18-19,21-22,24-26,29,36-39,44-47,52H,6-7,9,11,14,17,20,23,27-28,30-35,40-43H2,1-5H3/p+1/b10-8-,13-12-,16-15-,19-18-,22-21-,25-24-,29-26-,38-37+/t44-,45-,46+,47+/m0/s1. The minimum absolute atomic E-state index is 0.0203. The fourth-order valence-electron chi connectivity index (χ4n) is 5.91. The van der Waals surface area contributed by atoms with Gasteiger partial charge in [-0.05, 0) is 82.6 Å². The highest BCUT2D eigenvalue weighted by Gasteiger charge is 2.28. The predicted octanol–water partition coefficient (Wildman–Crippen LogP) is 10.7. The number of hydrogen-bond donors (Lipinski definition) is 2. The van der Waals surface area contributed by atoms with Gasteiger partial charge in [-0.25, -0.2) is 4.57 Å². The van der Waals surface area contributed by atoms with Crippen molar-refractivity contribution in [3.05, 3.63) is 109 Å². The van der Waals surface area contributed by atoms with E-state index in [-0.39, 0.29) is 43.7 Å². The normalized spacial score (nSPS) is 18.3. The summed E-state index contributed by atoms with van der Waals surface area (Å²) in [6.07, 6.45) is 46.4. The van der Waals surface area contributed by atoms with E-state index in [4.69, 9.17) is 18.5 Å². The molecule has 2 N–H and O–H groups in total. The van der Waals surface area contributed by atoms with Gasteiger partial charge in [0.2, 0.25) is 0 Å². The van der Waals surface area contributed by atoms with Gasteiger partial charge in [0.15, 0.2) is 11.9 Å². The first-order chi connectivity index (χ1) is 29.8. The molecule has 0 aromatic carbocycles. The molecule has 0 aromatic heterocycles. The van der Waals surface area contributed by atoms with E-state index in [0.29, 0.717) is 43.1 Å². The second kappa shape index (κ2) is 35.7. The summed E-state index contributed by atoms with van der Waals surface area (Å²) in [5.41, 5.74) is 0. The molecule has 5 atom stereocenters. The van der Waals surface area contributed by atoms with Crippen molar-refractivity contribution in [1.82, 2.24) is 0 Å². The molecule has 0 amide bonds. The molecule has 0 saturated heterocycles. The molecule has 1 aliphatic rings.